The normalized spacial score (nSPS) is 27.0. The molecule has 2 aliphatic carbocycles. The molecule has 1 unspecified atom stereocenters. The summed E-state index contributed by atoms with van der Waals surface area (Å²) in [5.74, 6) is -0.0155. The minimum atomic E-state index is -4.81. The highest BCUT2D eigenvalue weighted by Crippen LogP contribution is 2.40. The lowest BCUT2D eigenvalue weighted by Crippen LogP contribution is -2.44. The molecule has 0 aromatic heterocycles. The van der Waals surface area contributed by atoms with E-state index >= 15 is 0 Å². The first-order valence-electron chi connectivity index (χ1n) is 11.7. The molecule has 1 aromatic rings. The van der Waals surface area contributed by atoms with Crippen molar-refractivity contribution in [3.05, 3.63) is 47.5 Å². The smallest absolute Gasteiger partial charge is 0.376 e. The minimum absolute atomic E-state index is 0.0893. The summed E-state index contributed by atoms with van der Waals surface area (Å²) in [6.45, 7) is 1.25. The second-order valence-corrected chi connectivity index (χ2v) is 9.77. The average molecular weight is 478 g/mol. The van der Waals surface area contributed by atoms with Gasteiger partial charge in [0, 0.05) is 24.2 Å². The SMILES string of the molecule is C[C@](O)(c1ccc(C(=O)N(C2CCC(C3C=CC(C(N)=O)=NC3)CC2)C2CC2)cc1)C(F)(F)F. The lowest BCUT2D eigenvalue weighted by atomic mass is 9.77. The van der Waals surface area contributed by atoms with Crippen LogP contribution in [0.5, 0.6) is 0 Å². The largest absolute Gasteiger partial charge is 0.421 e. The highest BCUT2D eigenvalue weighted by atomic mass is 19.4. The average Bonchev–Trinajstić information content (AvgIpc) is 3.64. The van der Waals surface area contributed by atoms with Crippen LogP contribution >= 0.6 is 0 Å². The van der Waals surface area contributed by atoms with Gasteiger partial charge in [-0.2, -0.15) is 13.2 Å². The molecule has 1 heterocycles. The third-order valence-electron chi connectivity index (χ3n) is 7.39. The van der Waals surface area contributed by atoms with E-state index in [-0.39, 0.29) is 29.5 Å². The van der Waals surface area contributed by atoms with Crippen molar-refractivity contribution in [1.82, 2.24) is 4.90 Å². The molecule has 1 aliphatic heterocycles. The predicted molar refractivity (Wildman–Crippen MR) is 121 cm³/mol. The van der Waals surface area contributed by atoms with Crippen molar-refractivity contribution >= 4 is 17.5 Å². The van der Waals surface area contributed by atoms with E-state index in [0.29, 0.717) is 30.7 Å². The summed E-state index contributed by atoms with van der Waals surface area (Å²) in [5.41, 5.74) is 2.65. The highest BCUT2D eigenvalue weighted by molar-refractivity contribution is 6.43. The number of rotatable bonds is 6. The molecule has 6 nitrogen and oxygen atoms in total. The first kappa shape index (κ1) is 24.4. The molecular formula is C25H30F3N3O3. The maximum absolute atomic E-state index is 13.3. The van der Waals surface area contributed by atoms with Gasteiger partial charge in [0.05, 0.1) is 0 Å². The second-order valence-electron chi connectivity index (χ2n) is 9.77. The van der Waals surface area contributed by atoms with Crippen LogP contribution in [0.3, 0.4) is 0 Å². The number of nitrogens with two attached hydrogens (primary N) is 1. The molecule has 9 heteroatoms. The van der Waals surface area contributed by atoms with Crippen LogP contribution in [0.2, 0.25) is 0 Å². The molecule has 34 heavy (non-hydrogen) atoms. The molecule has 0 radical (unpaired) electrons. The lowest BCUT2D eigenvalue weighted by molar-refractivity contribution is -0.258. The fourth-order valence-electron chi connectivity index (χ4n) is 5.04. The van der Waals surface area contributed by atoms with Crippen LogP contribution in [0.1, 0.15) is 61.4 Å². The third kappa shape index (κ3) is 4.89. The topological polar surface area (TPSA) is 96.0 Å². The second kappa shape index (κ2) is 9.17. The maximum atomic E-state index is 13.3. The van der Waals surface area contributed by atoms with Crippen LogP contribution < -0.4 is 5.73 Å². The molecule has 2 amide bonds. The molecule has 1 aromatic carbocycles. The molecule has 0 saturated heterocycles. The number of benzene rings is 1. The maximum Gasteiger partial charge on any atom is 0.421 e. The van der Waals surface area contributed by atoms with Gasteiger partial charge in [-0.3, -0.25) is 14.6 Å². The molecule has 0 spiro atoms. The van der Waals surface area contributed by atoms with Crippen molar-refractivity contribution in [2.75, 3.05) is 6.54 Å². The van der Waals surface area contributed by atoms with Gasteiger partial charge in [0.15, 0.2) is 5.60 Å². The molecule has 4 rings (SSSR count). The zero-order valence-electron chi connectivity index (χ0n) is 19.1. The predicted octanol–water partition coefficient (Wildman–Crippen LogP) is 3.73. The van der Waals surface area contributed by atoms with E-state index in [4.69, 9.17) is 5.73 Å². The molecule has 184 valence electrons. The van der Waals surface area contributed by atoms with Gasteiger partial charge in [-0.25, -0.2) is 0 Å². The van der Waals surface area contributed by atoms with Gasteiger partial charge in [0.1, 0.15) is 5.71 Å². The van der Waals surface area contributed by atoms with E-state index < -0.39 is 17.7 Å². The van der Waals surface area contributed by atoms with Gasteiger partial charge in [-0.1, -0.05) is 18.2 Å². The first-order valence-corrected chi connectivity index (χ1v) is 11.7. The summed E-state index contributed by atoms with van der Waals surface area (Å²) in [5, 5.41) is 9.88. The fraction of sp³-hybridized carbons (Fsp3) is 0.560. The Labute approximate surface area is 196 Å². The van der Waals surface area contributed by atoms with Crippen molar-refractivity contribution in [1.29, 1.82) is 0 Å². The number of alkyl halides is 3. The van der Waals surface area contributed by atoms with Crippen LogP contribution in [0.4, 0.5) is 13.2 Å². The van der Waals surface area contributed by atoms with Gasteiger partial charge >= 0.3 is 6.18 Å². The van der Waals surface area contributed by atoms with Gasteiger partial charge in [-0.15, -0.1) is 0 Å². The Kier molecular flexibility index (Phi) is 6.59. The Hall–Kier alpha value is -2.68. The summed E-state index contributed by atoms with van der Waals surface area (Å²) in [4.78, 5) is 30.8. The molecule has 2 atom stereocenters. The summed E-state index contributed by atoms with van der Waals surface area (Å²) in [7, 11) is 0. The number of halogens is 3. The molecule has 3 N–H and O–H groups in total. The van der Waals surface area contributed by atoms with Crippen molar-refractivity contribution in [3.8, 4) is 0 Å². The van der Waals surface area contributed by atoms with Crippen molar-refractivity contribution in [2.24, 2.45) is 22.6 Å². The van der Waals surface area contributed by atoms with E-state index in [9.17, 15) is 27.9 Å². The molecule has 2 saturated carbocycles. The fourth-order valence-corrected chi connectivity index (χ4v) is 5.04. The summed E-state index contributed by atoms with van der Waals surface area (Å²) in [6, 6.07) is 5.37. The number of carbonyl (C=O) groups excluding carboxylic acids is 2. The number of amides is 2. The standard InChI is InChI=1S/C25H30F3N3O3/c1-24(34,25(26,27)28)18-7-2-16(3-8-18)23(33)31(20-11-12-20)19-9-4-15(5-10-19)17-6-13-21(22(29)32)30-14-17/h2-3,6-8,13,15,17,19-20,34H,4-5,9-12,14H2,1H3,(H2,29,32)/t15?,17?,19?,24-/m0/s1. The van der Waals surface area contributed by atoms with Crippen molar-refractivity contribution in [2.45, 2.75) is 69.3 Å². The Morgan fingerprint density at radius 1 is 1.03 bits per heavy atom. The molecule has 3 aliphatic rings. The quantitative estimate of drug-likeness (QED) is 0.654. The summed E-state index contributed by atoms with van der Waals surface area (Å²) in [6.07, 6.45) is 4.34. The Balaban J connectivity index is 1.40. The molecule has 2 fully saturated rings. The monoisotopic (exact) mass is 477 g/mol. The lowest BCUT2D eigenvalue weighted by Gasteiger charge is -2.39. The number of hydrogen-bond acceptors (Lipinski definition) is 4. The third-order valence-corrected chi connectivity index (χ3v) is 7.39. The Bertz CT molecular complexity index is 989. The number of dihydropyridines is 1. The Morgan fingerprint density at radius 2 is 1.59 bits per heavy atom. The van der Waals surface area contributed by atoms with E-state index in [1.54, 1.807) is 6.08 Å². The number of carbonyl (C=O) groups is 2. The number of aliphatic hydroxyl groups is 1. The number of hydrogen-bond donors (Lipinski definition) is 2. The summed E-state index contributed by atoms with van der Waals surface area (Å²) < 4.78 is 39.4. The number of nitrogens with zero attached hydrogens (tertiary/aromatic N) is 2. The van der Waals surface area contributed by atoms with E-state index in [1.807, 2.05) is 11.0 Å². The molecule has 0 bridgehead atoms. The molecular weight excluding hydrogens is 447 g/mol. The Morgan fingerprint density at radius 3 is 2.03 bits per heavy atom. The zero-order valence-corrected chi connectivity index (χ0v) is 19.1. The van der Waals surface area contributed by atoms with Gasteiger partial charge in [0.2, 0.25) is 0 Å². The first-order chi connectivity index (χ1) is 16.0. The summed E-state index contributed by atoms with van der Waals surface area (Å²) >= 11 is 0. The van der Waals surface area contributed by atoms with Gasteiger partial charge < -0.3 is 15.7 Å². The van der Waals surface area contributed by atoms with Crippen LogP contribution in [-0.2, 0) is 10.4 Å². The van der Waals surface area contributed by atoms with E-state index in [1.165, 1.54) is 24.3 Å². The van der Waals surface area contributed by atoms with Crippen LogP contribution in [0.15, 0.2) is 41.4 Å². The minimum Gasteiger partial charge on any atom is -0.376 e. The number of primary amides is 1. The van der Waals surface area contributed by atoms with E-state index in [0.717, 1.165) is 38.5 Å². The van der Waals surface area contributed by atoms with Crippen LogP contribution in [0, 0.1) is 11.8 Å². The zero-order chi connectivity index (χ0) is 24.7. The number of aliphatic imine (C=N–C) groups is 1. The highest BCUT2D eigenvalue weighted by Gasteiger charge is 2.51. The van der Waals surface area contributed by atoms with Crippen molar-refractivity contribution in [3.63, 3.8) is 0 Å². The van der Waals surface area contributed by atoms with Gasteiger partial charge in [0.25, 0.3) is 11.8 Å². The van der Waals surface area contributed by atoms with Crippen LogP contribution in [0.25, 0.3) is 0 Å². The van der Waals surface area contributed by atoms with Crippen LogP contribution in [-0.4, -0.2) is 52.3 Å². The van der Waals surface area contributed by atoms with Crippen molar-refractivity contribution < 1.29 is 27.9 Å². The van der Waals surface area contributed by atoms with E-state index in [2.05, 4.69) is 4.99 Å². The van der Waals surface area contributed by atoms with Gasteiger partial charge in [-0.05, 0) is 81.1 Å².